The van der Waals surface area contributed by atoms with Gasteiger partial charge >= 0.3 is 0 Å². The second kappa shape index (κ2) is 3.51. The van der Waals surface area contributed by atoms with Crippen molar-refractivity contribution in [2.45, 2.75) is 33.1 Å². The maximum atomic E-state index is 13.9. The molecule has 84 valence electrons. The van der Waals surface area contributed by atoms with Crippen LogP contribution < -0.4 is 0 Å². The molecule has 1 heterocycles. The van der Waals surface area contributed by atoms with Crippen LogP contribution in [0, 0.1) is 12.7 Å². The lowest BCUT2D eigenvalue weighted by Crippen LogP contribution is -2.15. The predicted molar refractivity (Wildman–Crippen MR) is 62.9 cm³/mol. The van der Waals surface area contributed by atoms with Gasteiger partial charge in [-0.15, -0.1) is 0 Å². The van der Waals surface area contributed by atoms with E-state index in [1.807, 2.05) is 27.7 Å². The quantitative estimate of drug-likeness (QED) is 0.677. The van der Waals surface area contributed by atoms with E-state index in [1.54, 1.807) is 12.3 Å². The SMILES string of the molecule is Cc1cnc2ccc(F)c(C(C)(C)C)c2n1. The molecule has 0 fully saturated rings. The highest BCUT2D eigenvalue weighted by molar-refractivity contribution is 5.79. The van der Waals surface area contributed by atoms with E-state index in [0.717, 1.165) is 11.2 Å². The lowest BCUT2D eigenvalue weighted by molar-refractivity contribution is 0.527. The fourth-order valence-corrected chi connectivity index (χ4v) is 1.85. The van der Waals surface area contributed by atoms with Crippen LogP contribution in [0.5, 0.6) is 0 Å². The number of fused-ring (bicyclic) bond motifs is 1. The first-order valence-corrected chi connectivity index (χ1v) is 5.32. The van der Waals surface area contributed by atoms with Gasteiger partial charge in [0, 0.05) is 11.8 Å². The Morgan fingerprint density at radius 2 is 1.88 bits per heavy atom. The van der Waals surface area contributed by atoms with Gasteiger partial charge in [-0.25, -0.2) is 9.37 Å². The van der Waals surface area contributed by atoms with Gasteiger partial charge in [0.2, 0.25) is 0 Å². The third-order valence-electron chi connectivity index (χ3n) is 2.53. The van der Waals surface area contributed by atoms with Crippen LogP contribution in [-0.4, -0.2) is 9.97 Å². The zero-order valence-corrected chi connectivity index (χ0v) is 10.0. The van der Waals surface area contributed by atoms with E-state index in [1.165, 1.54) is 6.07 Å². The largest absolute Gasteiger partial charge is 0.253 e. The molecule has 3 heteroatoms. The van der Waals surface area contributed by atoms with Gasteiger partial charge in [-0.2, -0.15) is 0 Å². The Hall–Kier alpha value is -1.51. The average Bonchev–Trinajstić information content (AvgIpc) is 2.14. The van der Waals surface area contributed by atoms with Gasteiger partial charge in [0.05, 0.1) is 16.7 Å². The molecule has 0 amide bonds. The summed E-state index contributed by atoms with van der Waals surface area (Å²) in [4.78, 5) is 8.67. The predicted octanol–water partition coefficient (Wildman–Crippen LogP) is 3.37. The van der Waals surface area contributed by atoms with Gasteiger partial charge in [-0.05, 0) is 24.5 Å². The minimum absolute atomic E-state index is 0.208. The van der Waals surface area contributed by atoms with Crippen LogP contribution in [0.15, 0.2) is 18.3 Å². The van der Waals surface area contributed by atoms with Crippen molar-refractivity contribution in [2.24, 2.45) is 0 Å². The molecule has 1 aromatic heterocycles. The highest BCUT2D eigenvalue weighted by Crippen LogP contribution is 2.30. The Balaban J connectivity index is 2.88. The van der Waals surface area contributed by atoms with Gasteiger partial charge in [-0.3, -0.25) is 4.98 Å². The monoisotopic (exact) mass is 218 g/mol. The first kappa shape index (κ1) is 11.0. The summed E-state index contributed by atoms with van der Waals surface area (Å²) in [5, 5.41) is 0. The van der Waals surface area contributed by atoms with Crippen molar-refractivity contribution in [1.29, 1.82) is 0 Å². The van der Waals surface area contributed by atoms with Crippen molar-refractivity contribution in [3.05, 3.63) is 35.4 Å². The van der Waals surface area contributed by atoms with Crippen LogP contribution in [0.4, 0.5) is 4.39 Å². The van der Waals surface area contributed by atoms with E-state index in [9.17, 15) is 4.39 Å². The molecule has 2 nitrogen and oxygen atoms in total. The summed E-state index contributed by atoms with van der Waals surface area (Å²) < 4.78 is 13.9. The number of aryl methyl sites for hydroxylation is 1. The fraction of sp³-hybridized carbons (Fsp3) is 0.385. The van der Waals surface area contributed by atoms with E-state index in [2.05, 4.69) is 9.97 Å². The standard InChI is InChI=1S/C13H15FN2/c1-8-7-15-10-6-5-9(14)11(12(10)16-8)13(2,3)4/h5-7H,1-4H3. The van der Waals surface area contributed by atoms with Crippen LogP contribution in [0.1, 0.15) is 32.0 Å². The van der Waals surface area contributed by atoms with Gasteiger partial charge in [0.25, 0.3) is 0 Å². The first-order chi connectivity index (χ1) is 7.39. The van der Waals surface area contributed by atoms with Crippen molar-refractivity contribution in [3.63, 3.8) is 0 Å². The molecule has 0 aliphatic heterocycles. The minimum Gasteiger partial charge on any atom is -0.253 e. The molecule has 0 saturated heterocycles. The summed E-state index contributed by atoms with van der Waals surface area (Å²) in [7, 11) is 0. The second-order valence-corrected chi connectivity index (χ2v) is 5.05. The summed E-state index contributed by atoms with van der Waals surface area (Å²) in [6.45, 7) is 7.81. The lowest BCUT2D eigenvalue weighted by Gasteiger charge is -2.21. The normalized spacial score (nSPS) is 12.1. The summed E-state index contributed by atoms with van der Waals surface area (Å²) in [5.41, 5.74) is 2.60. The van der Waals surface area contributed by atoms with Crippen LogP contribution >= 0.6 is 0 Å². The van der Waals surface area contributed by atoms with Crippen molar-refractivity contribution in [3.8, 4) is 0 Å². The van der Waals surface area contributed by atoms with Gasteiger partial charge < -0.3 is 0 Å². The maximum absolute atomic E-state index is 13.9. The summed E-state index contributed by atoms with van der Waals surface area (Å²) in [6, 6.07) is 3.14. The van der Waals surface area contributed by atoms with Crippen LogP contribution in [0.3, 0.4) is 0 Å². The Morgan fingerprint density at radius 1 is 1.19 bits per heavy atom. The van der Waals surface area contributed by atoms with E-state index < -0.39 is 0 Å². The summed E-state index contributed by atoms with van der Waals surface area (Å²) in [5.74, 6) is -0.208. The van der Waals surface area contributed by atoms with Gasteiger partial charge in [-0.1, -0.05) is 20.8 Å². The molecule has 0 spiro atoms. The maximum Gasteiger partial charge on any atom is 0.129 e. The topological polar surface area (TPSA) is 25.8 Å². The molecule has 0 unspecified atom stereocenters. The molecule has 0 N–H and O–H groups in total. The molecule has 1 aromatic carbocycles. The number of rotatable bonds is 0. The molecule has 0 radical (unpaired) electrons. The van der Waals surface area contributed by atoms with Crippen LogP contribution in [-0.2, 0) is 5.41 Å². The molecule has 16 heavy (non-hydrogen) atoms. The van der Waals surface area contributed by atoms with E-state index >= 15 is 0 Å². The van der Waals surface area contributed by atoms with Crippen molar-refractivity contribution >= 4 is 11.0 Å². The zero-order valence-electron chi connectivity index (χ0n) is 10.0. The number of benzene rings is 1. The van der Waals surface area contributed by atoms with Crippen molar-refractivity contribution in [2.75, 3.05) is 0 Å². The number of aromatic nitrogens is 2. The smallest absolute Gasteiger partial charge is 0.129 e. The molecular weight excluding hydrogens is 203 g/mol. The molecule has 0 aliphatic rings. The Morgan fingerprint density at radius 3 is 2.50 bits per heavy atom. The molecule has 0 aliphatic carbocycles. The van der Waals surface area contributed by atoms with Crippen LogP contribution in [0.25, 0.3) is 11.0 Å². The number of halogens is 1. The molecule has 2 aromatic rings. The first-order valence-electron chi connectivity index (χ1n) is 5.32. The fourth-order valence-electron chi connectivity index (χ4n) is 1.85. The molecule has 0 bridgehead atoms. The highest BCUT2D eigenvalue weighted by Gasteiger charge is 2.22. The second-order valence-electron chi connectivity index (χ2n) is 5.05. The highest BCUT2D eigenvalue weighted by atomic mass is 19.1. The van der Waals surface area contributed by atoms with Crippen molar-refractivity contribution in [1.82, 2.24) is 9.97 Å². The molecular formula is C13H15FN2. The summed E-state index contributed by atoms with van der Waals surface area (Å²) in [6.07, 6.45) is 1.70. The minimum atomic E-state index is -0.272. The number of nitrogens with zero attached hydrogens (tertiary/aromatic N) is 2. The third kappa shape index (κ3) is 1.77. The number of hydrogen-bond acceptors (Lipinski definition) is 2. The average molecular weight is 218 g/mol. The Bertz CT molecular complexity index is 536. The third-order valence-corrected chi connectivity index (χ3v) is 2.53. The number of hydrogen-bond donors (Lipinski definition) is 0. The van der Waals surface area contributed by atoms with Gasteiger partial charge in [0.15, 0.2) is 0 Å². The van der Waals surface area contributed by atoms with E-state index in [-0.39, 0.29) is 11.2 Å². The summed E-state index contributed by atoms with van der Waals surface area (Å²) >= 11 is 0. The van der Waals surface area contributed by atoms with Crippen LogP contribution in [0.2, 0.25) is 0 Å². The van der Waals surface area contributed by atoms with Crippen molar-refractivity contribution < 1.29 is 4.39 Å². The Labute approximate surface area is 94.5 Å². The van der Waals surface area contributed by atoms with Gasteiger partial charge in [0.1, 0.15) is 5.82 Å². The van der Waals surface area contributed by atoms with E-state index in [4.69, 9.17) is 0 Å². The zero-order chi connectivity index (χ0) is 11.9. The molecule has 0 atom stereocenters. The Kier molecular flexibility index (Phi) is 2.41. The van der Waals surface area contributed by atoms with E-state index in [0.29, 0.717) is 11.1 Å². The molecule has 0 saturated carbocycles. The molecule has 2 rings (SSSR count). The lowest BCUT2D eigenvalue weighted by atomic mass is 9.85.